The number of hydrogen-bond donors (Lipinski definition) is 1. The van der Waals surface area contributed by atoms with E-state index in [9.17, 15) is 13.2 Å². The number of benzene rings is 1. The molecular weight excluding hydrogens is 400 g/mol. The lowest BCUT2D eigenvalue weighted by Gasteiger charge is -2.33. The minimum absolute atomic E-state index is 0.169. The zero-order valence-corrected chi connectivity index (χ0v) is 17.4. The van der Waals surface area contributed by atoms with Gasteiger partial charge >= 0.3 is 0 Å². The molecule has 2 aromatic rings. The van der Waals surface area contributed by atoms with Gasteiger partial charge in [-0.3, -0.25) is 9.69 Å². The van der Waals surface area contributed by atoms with E-state index in [1.165, 1.54) is 4.31 Å². The van der Waals surface area contributed by atoms with Crippen LogP contribution in [0.15, 0.2) is 41.4 Å². The van der Waals surface area contributed by atoms with Crippen molar-refractivity contribution >= 4 is 33.2 Å². The third-order valence-electron chi connectivity index (χ3n) is 4.68. The fourth-order valence-electron chi connectivity index (χ4n) is 3.23. The maximum Gasteiger partial charge on any atom is 0.243 e. The smallest absolute Gasteiger partial charge is 0.243 e. The van der Waals surface area contributed by atoms with Crippen LogP contribution in [0.1, 0.15) is 11.1 Å². The Morgan fingerprint density at radius 2 is 1.89 bits per heavy atom. The second kappa shape index (κ2) is 8.57. The first-order valence-electron chi connectivity index (χ1n) is 8.97. The maximum absolute atomic E-state index is 12.9. The molecule has 1 aromatic heterocycles. The first kappa shape index (κ1) is 20.7. The normalized spacial score (nSPS) is 16.1. The van der Waals surface area contributed by atoms with Crippen molar-refractivity contribution in [1.29, 1.82) is 0 Å². The number of nitrogens with one attached hydrogen (secondary N) is 1. The molecule has 7 nitrogen and oxygen atoms in total. The molecule has 0 unspecified atom stereocenters. The SMILES string of the molecule is Cc1ccc(S(=O)(=O)N2CCN(CC(=O)Nc3cccnc3Cl)CC2)c(C)c1. The molecule has 2 heterocycles. The average molecular weight is 423 g/mol. The Hall–Kier alpha value is -2.00. The molecule has 1 saturated heterocycles. The Labute approximate surface area is 170 Å². The van der Waals surface area contributed by atoms with E-state index < -0.39 is 10.0 Å². The van der Waals surface area contributed by atoms with Crippen LogP contribution >= 0.6 is 11.6 Å². The van der Waals surface area contributed by atoms with Crippen LogP contribution < -0.4 is 5.32 Å². The van der Waals surface area contributed by atoms with Crippen LogP contribution in [0.2, 0.25) is 5.15 Å². The Bertz CT molecular complexity index is 973. The molecule has 1 amide bonds. The number of piperazine rings is 1. The monoisotopic (exact) mass is 422 g/mol. The maximum atomic E-state index is 12.9. The topological polar surface area (TPSA) is 82.6 Å². The van der Waals surface area contributed by atoms with Gasteiger partial charge in [0.15, 0.2) is 5.15 Å². The number of halogens is 1. The molecule has 1 aromatic carbocycles. The number of carbonyl (C=O) groups is 1. The summed E-state index contributed by atoms with van der Waals surface area (Å²) in [5.74, 6) is -0.208. The summed E-state index contributed by atoms with van der Waals surface area (Å²) in [7, 11) is -3.54. The zero-order valence-electron chi connectivity index (χ0n) is 15.9. The Balaban J connectivity index is 1.58. The Morgan fingerprint density at radius 3 is 2.54 bits per heavy atom. The van der Waals surface area contributed by atoms with Gasteiger partial charge in [-0.25, -0.2) is 13.4 Å². The molecule has 0 saturated carbocycles. The molecule has 0 radical (unpaired) electrons. The van der Waals surface area contributed by atoms with E-state index in [0.717, 1.165) is 11.1 Å². The average Bonchev–Trinajstić information content (AvgIpc) is 2.64. The van der Waals surface area contributed by atoms with Gasteiger partial charge in [-0.2, -0.15) is 4.31 Å². The molecule has 9 heteroatoms. The van der Waals surface area contributed by atoms with Crippen LogP contribution in [0.5, 0.6) is 0 Å². The lowest BCUT2D eigenvalue weighted by atomic mass is 10.2. The van der Waals surface area contributed by atoms with Crippen LogP contribution in [0.25, 0.3) is 0 Å². The van der Waals surface area contributed by atoms with Crippen molar-refractivity contribution in [3.8, 4) is 0 Å². The molecule has 0 bridgehead atoms. The van der Waals surface area contributed by atoms with Gasteiger partial charge in [-0.15, -0.1) is 0 Å². The summed E-state index contributed by atoms with van der Waals surface area (Å²) in [6.45, 7) is 5.57. The predicted molar refractivity (Wildman–Crippen MR) is 109 cm³/mol. The summed E-state index contributed by atoms with van der Waals surface area (Å²) in [5, 5.41) is 2.97. The highest BCUT2D eigenvalue weighted by molar-refractivity contribution is 7.89. The number of nitrogens with zero attached hydrogens (tertiary/aromatic N) is 3. The van der Waals surface area contributed by atoms with Crippen LogP contribution in [-0.4, -0.2) is 61.2 Å². The highest BCUT2D eigenvalue weighted by atomic mass is 35.5. The van der Waals surface area contributed by atoms with E-state index in [1.54, 1.807) is 24.4 Å². The van der Waals surface area contributed by atoms with Gasteiger partial charge in [0.2, 0.25) is 15.9 Å². The van der Waals surface area contributed by atoms with Gasteiger partial charge in [0.25, 0.3) is 0 Å². The highest BCUT2D eigenvalue weighted by Crippen LogP contribution is 2.22. The fourth-order valence-corrected chi connectivity index (χ4v) is 5.02. The van der Waals surface area contributed by atoms with E-state index in [2.05, 4.69) is 10.3 Å². The molecule has 0 spiro atoms. The van der Waals surface area contributed by atoms with Crippen LogP contribution in [0.3, 0.4) is 0 Å². The van der Waals surface area contributed by atoms with Crippen molar-refractivity contribution < 1.29 is 13.2 Å². The number of rotatable bonds is 5. The number of aromatic nitrogens is 1. The Kier molecular flexibility index (Phi) is 6.34. The van der Waals surface area contributed by atoms with Crippen LogP contribution in [-0.2, 0) is 14.8 Å². The summed E-state index contributed by atoms with van der Waals surface area (Å²) in [4.78, 5) is 18.4. The first-order chi connectivity index (χ1) is 13.3. The molecule has 0 aliphatic carbocycles. The van der Waals surface area contributed by atoms with Gasteiger partial charge in [0.05, 0.1) is 17.1 Å². The zero-order chi connectivity index (χ0) is 20.3. The third kappa shape index (κ3) is 4.70. The van der Waals surface area contributed by atoms with E-state index in [4.69, 9.17) is 11.6 Å². The second-order valence-corrected chi connectivity index (χ2v) is 9.10. The van der Waals surface area contributed by atoms with Gasteiger partial charge < -0.3 is 5.32 Å². The summed E-state index contributed by atoms with van der Waals surface area (Å²) < 4.78 is 27.4. The number of hydrogen-bond acceptors (Lipinski definition) is 5. The largest absolute Gasteiger partial charge is 0.322 e. The minimum Gasteiger partial charge on any atom is -0.322 e. The highest BCUT2D eigenvalue weighted by Gasteiger charge is 2.30. The summed E-state index contributed by atoms with van der Waals surface area (Å²) >= 11 is 5.95. The number of anilines is 1. The summed E-state index contributed by atoms with van der Waals surface area (Å²) in [6, 6.07) is 8.72. The van der Waals surface area contributed by atoms with Crippen molar-refractivity contribution in [1.82, 2.24) is 14.2 Å². The van der Waals surface area contributed by atoms with Crippen LogP contribution in [0, 0.1) is 13.8 Å². The first-order valence-corrected chi connectivity index (χ1v) is 10.8. The van der Waals surface area contributed by atoms with Gasteiger partial charge in [-0.05, 0) is 37.6 Å². The van der Waals surface area contributed by atoms with Crippen molar-refractivity contribution in [3.05, 3.63) is 52.8 Å². The van der Waals surface area contributed by atoms with E-state index in [0.29, 0.717) is 36.8 Å². The summed E-state index contributed by atoms with van der Waals surface area (Å²) in [6.07, 6.45) is 1.55. The number of aryl methyl sites for hydroxylation is 2. The van der Waals surface area contributed by atoms with Crippen molar-refractivity contribution in [2.45, 2.75) is 18.7 Å². The lowest BCUT2D eigenvalue weighted by molar-refractivity contribution is -0.117. The lowest BCUT2D eigenvalue weighted by Crippen LogP contribution is -2.50. The van der Waals surface area contributed by atoms with E-state index in [1.807, 2.05) is 30.9 Å². The number of sulfonamides is 1. The quantitative estimate of drug-likeness (QED) is 0.747. The molecule has 1 fully saturated rings. The number of carbonyl (C=O) groups excluding carboxylic acids is 1. The molecule has 28 heavy (non-hydrogen) atoms. The number of amides is 1. The van der Waals surface area contributed by atoms with E-state index >= 15 is 0 Å². The minimum atomic E-state index is -3.54. The van der Waals surface area contributed by atoms with Gasteiger partial charge in [0.1, 0.15) is 0 Å². The number of pyridine rings is 1. The molecule has 150 valence electrons. The Morgan fingerprint density at radius 1 is 1.18 bits per heavy atom. The van der Waals surface area contributed by atoms with E-state index in [-0.39, 0.29) is 17.6 Å². The molecule has 1 N–H and O–H groups in total. The standard InChI is InChI=1S/C19H23ClN4O3S/c1-14-5-6-17(15(2)12-14)28(26,27)24-10-8-23(9-11-24)13-18(25)22-16-4-3-7-21-19(16)20/h3-7,12H,8-11,13H2,1-2H3,(H,22,25). The molecular formula is C19H23ClN4O3S. The molecule has 1 aliphatic heterocycles. The predicted octanol–water partition coefficient (Wildman–Crippen LogP) is 2.30. The van der Waals surface area contributed by atoms with Gasteiger partial charge in [0, 0.05) is 32.4 Å². The van der Waals surface area contributed by atoms with Crippen molar-refractivity contribution in [3.63, 3.8) is 0 Å². The molecule has 3 rings (SSSR count). The van der Waals surface area contributed by atoms with Crippen LogP contribution in [0.4, 0.5) is 5.69 Å². The fraction of sp³-hybridized carbons (Fsp3) is 0.368. The van der Waals surface area contributed by atoms with Gasteiger partial charge in [-0.1, -0.05) is 29.3 Å². The van der Waals surface area contributed by atoms with Crippen molar-refractivity contribution in [2.75, 3.05) is 38.0 Å². The molecule has 0 atom stereocenters. The second-order valence-electron chi connectivity index (χ2n) is 6.84. The summed E-state index contributed by atoms with van der Waals surface area (Å²) in [5.41, 5.74) is 2.24. The van der Waals surface area contributed by atoms with Crippen molar-refractivity contribution in [2.24, 2.45) is 0 Å². The molecule has 1 aliphatic rings. The third-order valence-corrected chi connectivity index (χ3v) is 7.04.